The van der Waals surface area contributed by atoms with Crippen LogP contribution in [-0.4, -0.2) is 11.3 Å². The average Bonchev–Trinajstić information content (AvgIpc) is 2.05. The minimum absolute atomic E-state index is 0.216. The monoisotopic (exact) mass is 291 g/mol. The molecule has 0 bridgehead atoms. The fourth-order valence-electron chi connectivity index (χ4n) is 0.787. The summed E-state index contributed by atoms with van der Waals surface area (Å²) in [5.41, 5.74) is -0.656. The van der Waals surface area contributed by atoms with E-state index in [2.05, 4.69) is 25.7 Å². The molecule has 0 aliphatic heterocycles. The molecule has 8 heteroatoms. The largest absolute Gasteiger partial charge is 0.573 e. The number of halogens is 6. The number of nitrogens with zero attached hydrogens (tertiary/aromatic N) is 1. The molecule has 1 heterocycles. The number of rotatable bonds is 2. The zero-order chi connectivity index (χ0) is 11.6. The van der Waals surface area contributed by atoms with E-state index in [1.165, 1.54) is 0 Å². The van der Waals surface area contributed by atoms with E-state index in [4.69, 9.17) is 0 Å². The maximum absolute atomic E-state index is 12.2. The molecule has 1 rings (SSSR count). The lowest BCUT2D eigenvalue weighted by Crippen LogP contribution is -2.17. The SMILES string of the molecule is FC(F)c1cc(OC(F)(F)F)cnc1Br. The molecular weight excluding hydrogens is 289 g/mol. The highest BCUT2D eigenvalue weighted by molar-refractivity contribution is 9.10. The molecule has 0 aliphatic carbocycles. The van der Waals surface area contributed by atoms with E-state index in [1.54, 1.807) is 0 Å². The Bertz CT molecular complexity index is 354. The molecular formula is C7H3BrF5NO. The highest BCUT2D eigenvalue weighted by atomic mass is 79.9. The lowest BCUT2D eigenvalue weighted by Gasteiger charge is -2.10. The van der Waals surface area contributed by atoms with Crippen LogP contribution in [0.5, 0.6) is 5.75 Å². The smallest absolute Gasteiger partial charge is 0.404 e. The van der Waals surface area contributed by atoms with E-state index in [9.17, 15) is 22.0 Å². The van der Waals surface area contributed by atoms with Crippen LogP contribution in [-0.2, 0) is 0 Å². The number of aromatic nitrogens is 1. The quantitative estimate of drug-likeness (QED) is 0.612. The number of ether oxygens (including phenoxy) is 1. The zero-order valence-electron chi connectivity index (χ0n) is 6.86. The van der Waals surface area contributed by atoms with Crippen LogP contribution < -0.4 is 4.74 Å². The van der Waals surface area contributed by atoms with E-state index < -0.39 is 24.1 Å². The topological polar surface area (TPSA) is 22.1 Å². The van der Waals surface area contributed by atoms with Crippen LogP contribution >= 0.6 is 15.9 Å². The third-order valence-corrected chi connectivity index (χ3v) is 1.97. The van der Waals surface area contributed by atoms with Gasteiger partial charge in [0.15, 0.2) is 0 Å². The molecule has 0 N–H and O–H groups in total. The van der Waals surface area contributed by atoms with Crippen molar-refractivity contribution in [3.8, 4) is 5.75 Å². The van der Waals surface area contributed by atoms with Gasteiger partial charge in [-0.25, -0.2) is 13.8 Å². The van der Waals surface area contributed by atoms with Gasteiger partial charge < -0.3 is 4.74 Å². The third kappa shape index (κ3) is 3.61. The molecule has 0 aromatic carbocycles. The van der Waals surface area contributed by atoms with Gasteiger partial charge in [0.25, 0.3) is 6.43 Å². The van der Waals surface area contributed by atoms with Crippen molar-refractivity contribution >= 4 is 15.9 Å². The molecule has 0 unspecified atom stereocenters. The van der Waals surface area contributed by atoms with Crippen LogP contribution in [0.3, 0.4) is 0 Å². The first-order valence-corrected chi connectivity index (χ1v) is 4.28. The minimum atomic E-state index is -4.92. The minimum Gasteiger partial charge on any atom is -0.404 e. The summed E-state index contributed by atoms with van der Waals surface area (Å²) in [5.74, 6) is -0.777. The van der Waals surface area contributed by atoms with Gasteiger partial charge in [-0.1, -0.05) is 0 Å². The molecule has 2 nitrogen and oxygen atoms in total. The summed E-state index contributed by atoms with van der Waals surface area (Å²) in [4.78, 5) is 3.30. The summed E-state index contributed by atoms with van der Waals surface area (Å²) in [6.45, 7) is 0. The first-order valence-electron chi connectivity index (χ1n) is 3.49. The van der Waals surface area contributed by atoms with E-state index in [0.717, 1.165) is 0 Å². The Morgan fingerprint density at radius 2 is 1.93 bits per heavy atom. The second kappa shape index (κ2) is 4.30. The summed E-state index contributed by atoms with van der Waals surface area (Å²) in [6, 6.07) is 0.579. The molecule has 0 amide bonds. The van der Waals surface area contributed by atoms with Crippen molar-refractivity contribution < 1.29 is 26.7 Å². The summed E-state index contributed by atoms with van der Waals surface area (Å²) >= 11 is 2.68. The molecule has 15 heavy (non-hydrogen) atoms. The summed E-state index contributed by atoms with van der Waals surface area (Å²) in [6.07, 6.45) is -7.15. The predicted octanol–water partition coefficient (Wildman–Crippen LogP) is 3.68. The molecule has 0 spiro atoms. The van der Waals surface area contributed by atoms with Gasteiger partial charge in [-0.05, 0) is 22.0 Å². The lowest BCUT2D eigenvalue weighted by atomic mass is 10.3. The van der Waals surface area contributed by atoms with Crippen LogP contribution in [0.1, 0.15) is 12.0 Å². The van der Waals surface area contributed by atoms with Crippen LogP contribution in [0, 0.1) is 0 Å². The van der Waals surface area contributed by atoms with Gasteiger partial charge in [-0.15, -0.1) is 13.2 Å². The van der Waals surface area contributed by atoms with E-state index >= 15 is 0 Å². The molecule has 0 saturated carbocycles. The molecule has 0 saturated heterocycles. The summed E-state index contributed by atoms with van der Waals surface area (Å²) in [5, 5.41) is 0. The number of pyridine rings is 1. The molecule has 0 radical (unpaired) electrons. The first-order chi connectivity index (χ1) is 6.79. The van der Waals surface area contributed by atoms with Gasteiger partial charge in [0.05, 0.1) is 11.8 Å². The van der Waals surface area contributed by atoms with Crippen molar-refractivity contribution in [3.63, 3.8) is 0 Å². The van der Waals surface area contributed by atoms with Gasteiger partial charge >= 0.3 is 6.36 Å². The van der Waals surface area contributed by atoms with Gasteiger partial charge in [-0.2, -0.15) is 0 Å². The van der Waals surface area contributed by atoms with Crippen molar-refractivity contribution in [2.24, 2.45) is 0 Å². The van der Waals surface area contributed by atoms with Crippen molar-refractivity contribution in [3.05, 3.63) is 22.4 Å². The maximum atomic E-state index is 12.2. The van der Waals surface area contributed by atoms with Gasteiger partial charge in [0.2, 0.25) is 0 Å². The Kier molecular flexibility index (Phi) is 3.48. The molecule has 84 valence electrons. The normalized spacial score (nSPS) is 11.9. The van der Waals surface area contributed by atoms with E-state index in [-0.39, 0.29) is 4.60 Å². The molecule has 1 aromatic heterocycles. The highest BCUT2D eigenvalue weighted by Crippen LogP contribution is 2.30. The average molecular weight is 292 g/mol. The van der Waals surface area contributed by atoms with E-state index in [1.807, 2.05) is 0 Å². The van der Waals surface area contributed by atoms with Gasteiger partial charge in [-0.3, -0.25) is 0 Å². The molecule has 0 aliphatic rings. The number of hydrogen-bond acceptors (Lipinski definition) is 2. The van der Waals surface area contributed by atoms with Crippen LogP contribution in [0.15, 0.2) is 16.9 Å². The van der Waals surface area contributed by atoms with Gasteiger partial charge in [0, 0.05) is 0 Å². The standard InChI is InChI=1S/C7H3BrF5NO/c8-5-4(6(9)10)1-3(2-14-5)15-7(11,12)13/h1-2,6H. The zero-order valence-corrected chi connectivity index (χ0v) is 8.44. The second-order valence-corrected chi connectivity index (χ2v) is 3.15. The van der Waals surface area contributed by atoms with Crippen molar-refractivity contribution in [1.29, 1.82) is 0 Å². The summed E-state index contributed by atoms with van der Waals surface area (Å²) < 4.78 is 62.9. The second-order valence-electron chi connectivity index (χ2n) is 2.40. The Morgan fingerprint density at radius 1 is 1.33 bits per heavy atom. The van der Waals surface area contributed by atoms with Crippen LogP contribution in [0.2, 0.25) is 0 Å². The van der Waals surface area contributed by atoms with E-state index in [0.29, 0.717) is 12.3 Å². The first kappa shape index (κ1) is 12.2. The Hall–Kier alpha value is -0.920. The van der Waals surface area contributed by atoms with Crippen molar-refractivity contribution in [2.75, 3.05) is 0 Å². The Balaban J connectivity index is 2.98. The van der Waals surface area contributed by atoms with Crippen LogP contribution in [0.25, 0.3) is 0 Å². The predicted molar refractivity (Wildman–Crippen MR) is 43.6 cm³/mol. The van der Waals surface area contributed by atoms with Crippen molar-refractivity contribution in [2.45, 2.75) is 12.8 Å². The third-order valence-electron chi connectivity index (χ3n) is 1.31. The Morgan fingerprint density at radius 3 is 2.40 bits per heavy atom. The van der Waals surface area contributed by atoms with Crippen LogP contribution in [0.4, 0.5) is 22.0 Å². The maximum Gasteiger partial charge on any atom is 0.573 e. The van der Waals surface area contributed by atoms with Crippen molar-refractivity contribution in [1.82, 2.24) is 4.98 Å². The summed E-state index contributed by atoms with van der Waals surface area (Å²) in [7, 11) is 0. The Labute approximate surface area is 89.2 Å². The highest BCUT2D eigenvalue weighted by Gasteiger charge is 2.31. The lowest BCUT2D eigenvalue weighted by molar-refractivity contribution is -0.274. The molecule has 0 fully saturated rings. The molecule has 1 aromatic rings. The molecule has 0 atom stereocenters. The fourth-order valence-corrected chi connectivity index (χ4v) is 1.18. The fraction of sp³-hybridized carbons (Fsp3) is 0.286. The number of hydrogen-bond donors (Lipinski definition) is 0. The number of alkyl halides is 5. The van der Waals surface area contributed by atoms with Gasteiger partial charge in [0.1, 0.15) is 10.4 Å².